The molecule has 0 atom stereocenters. The Hall–Kier alpha value is -3.01. The highest BCUT2D eigenvalue weighted by Crippen LogP contribution is 2.26. The van der Waals surface area contributed by atoms with E-state index in [-0.39, 0.29) is 0 Å². The Bertz CT molecular complexity index is 957. The minimum Gasteiger partial charge on any atom is -0.261 e. The first-order valence-electron chi connectivity index (χ1n) is 7.60. The Morgan fingerprint density at radius 2 is 1.70 bits per heavy atom. The van der Waals surface area contributed by atoms with E-state index < -0.39 is 0 Å². The first-order chi connectivity index (χ1) is 11.3. The quantitative estimate of drug-likeness (QED) is 0.577. The molecule has 0 N–H and O–H groups in total. The molecule has 0 unspecified atom stereocenters. The van der Waals surface area contributed by atoms with E-state index in [1.807, 2.05) is 41.9 Å². The summed E-state index contributed by atoms with van der Waals surface area (Å²) >= 11 is 0. The van der Waals surface area contributed by atoms with Crippen LogP contribution in [-0.2, 0) is 6.54 Å². The number of benzene rings is 2. The maximum Gasteiger partial charge on any atom is 0.120 e. The minimum absolute atomic E-state index is 0.737. The van der Waals surface area contributed by atoms with Crippen LogP contribution >= 0.6 is 0 Å². The molecule has 23 heavy (non-hydrogen) atoms. The smallest absolute Gasteiger partial charge is 0.120 e. The Morgan fingerprint density at radius 1 is 0.913 bits per heavy atom. The molecule has 112 valence electrons. The predicted octanol–water partition coefficient (Wildman–Crippen LogP) is 3.85. The lowest BCUT2D eigenvalue weighted by Crippen LogP contribution is -2.01. The molecular formula is C19H16N4. The Labute approximate surface area is 134 Å². The zero-order valence-electron chi connectivity index (χ0n) is 12.8. The standard InChI is InChI=1S/C19H16N4/c1-14-11-20-12-17(21-14)19-16-9-5-6-10-18(16)23(22-19)13-15-7-3-2-4-8-15/h2-12H,13H2,1H3. The SMILES string of the molecule is Cc1cncc(-c2nn(Cc3ccccc3)c3ccccc23)n1. The van der Waals surface area contributed by atoms with Crippen molar-refractivity contribution >= 4 is 10.9 Å². The van der Waals surface area contributed by atoms with E-state index in [9.17, 15) is 0 Å². The first-order valence-corrected chi connectivity index (χ1v) is 7.60. The molecular weight excluding hydrogens is 284 g/mol. The van der Waals surface area contributed by atoms with Crippen LogP contribution in [-0.4, -0.2) is 19.7 Å². The van der Waals surface area contributed by atoms with Gasteiger partial charge < -0.3 is 0 Å². The number of hydrogen-bond donors (Lipinski definition) is 0. The summed E-state index contributed by atoms with van der Waals surface area (Å²) in [6.07, 6.45) is 3.53. The van der Waals surface area contributed by atoms with E-state index in [0.717, 1.165) is 34.5 Å². The highest BCUT2D eigenvalue weighted by Gasteiger charge is 2.13. The van der Waals surface area contributed by atoms with Gasteiger partial charge >= 0.3 is 0 Å². The van der Waals surface area contributed by atoms with Crippen molar-refractivity contribution in [3.63, 3.8) is 0 Å². The van der Waals surface area contributed by atoms with E-state index in [0.29, 0.717) is 0 Å². The number of aryl methyl sites for hydroxylation is 1. The van der Waals surface area contributed by atoms with Crippen LogP contribution < -0.4 is 0 Å². The van der Waals surface area contributed by atoms with Gasteiger partial charge in [-0.1, -0.05) is 48.5 Å². The summed E-state index contributed by atoms with van der Waals surface area (Å²) in [6, 6.07) is 18.6. The van der Waals surface area contributed by atoms with Gasteiger partial charge in [0.25, 0.3) is 0 Å². The molecule has 4 heteroatoms. The van der Waals surface area contributed by atoms with E-state index in [4.69, 9.17) is 5.10 Å². The molecule has 0 aliphatic heterocycles. The van der Waals surface area contributed by atoms with Crippen LogP contribution in [0.2, 0.25) is 0 Å². The number of fused-ring (bicyclic) bond motifs is 1. The normalized spacial score (nSPS) is 11.0. The van der Waals surface area contributed by atoms with Gasteiger partial charge in [0.05, 0.1) is 24.0 Å². The van der Waals surface area contributed by atoms with Crippen molar-refractivity contribution in [3.05, 3.63) is 78.2 Å². The highest BCUT2D eigenvalue weighted by atomic mass is 15.3. The van der Waals surface area contributed by atoms with Crippen LogP contribution in [0.1, 0.15) is 11.3 Å². The lowest BCUT2D eigenvalue weighted by Gasteiger charge is -2.03. The number of rotatable bonds is 3. The lowest BCUT2D eigenvalue weighted by molar-refractivity contribution is 0.714. The van der Waals surface area contributed by atoms with Gasteiger partial charge in [0, 0.05) is 11.6 Å². The fourth-order valence-corrected chi connectivity index (χ4v) is 2.77. The number of para-hydroxylation sites is 1. The second-order valence-electron chi connectivity index (χ2n) is 5.55. The molecule has 4 nitrogen and oxygen atoms in total. The molecule has 2 aromatic carbocycles. The summed E-state index contributed by atoms with van der Waals surface area (Å²) in [7, 11) is 0. The van der Waals surface area contributed by atoms with Crippen molar-refractivity contribution in [2.24, 2.45) is 0 Å². The summed E-state index contributed by atoms with van der Waals surface area (Å²) in [6.45, 7) is 2.68. The van der Waals surface area contributed by atoms with Crippen molar-refractivity contribution in [1.82, 2.24) is 19.7 Å². The summed E-state index contributed by atoms with van der Waals surface area (Å²) in [5, 5.41) is 5.91. The van der Waals surface area contributed by atoms with Gasteiger partial charge in [-0.2, -0.15) is 5.10 Å². The Balaban J connectivity index is 1.86. The summed E-state index contributed by atoms with van der Waals surface area (Å²) in [4.78, 5) is 8.82. The lowest BCUT2D eigenvalue weighted by atomic mass is 10.1. The van der Waals surface area contributed by atoms with Crippen LogP contribution in [0.5, 0.6) is 0 Å². The van der Waals surface area contributed by atoms with Crippen molar-refractivity contribution in [2.75, 3.05) is 0 Å². The zero-order valence-corrected chi connectivity index (χ0v) is 12.8. The second-order valence-corrected chi connectivity index (χ2v) is 5.55. The van der Waals surface area contributed by atoms with Crippen molar-refractivity contribution in [2.45, 2.75) is 13.5 Å². The zero-order chi connectivity index (χ0) is 15.6. The largest absolute Gasteiger partial charge is 0.261 e. The van der Waals surface area contributed by atoms with Crippen LogP contribution in [0, 0.1) is 6.92 Å². The van der Waals surface area contributed by atoms with E-state index in [1.54, 1.807) is 12.4 Å². The summed E-state index contributed by atoms with van der Waals surface area (Å²) in [5.74, 6) is 0. The maximum atomic E-state index is 4.81. The number of nitrogens with zero attached hydrogens (tertiary/aromatic N) is 4. The van der Waals surface area contributed by atoms with Gasteiger partial charge in [0.1, 0.15) is 11.4 Å². The predicted molar refractivity (Wildman–Crippen MR) is 91.0 cm³/mol. The maximum absolute atomic E-state index is 4.81. The fourth-order valence-electron chi connectivity index (χ4n) is 2.77. The van der Waals surface area contributed by atoms with Gasteiger partial charge in [-0.15, -0.1) is 0 Å². The molecule has 4 aromatic rings. The molecule has 0 bridgehead atoms. The molecule has 2 heterocycles. The van der Waals surface area contributed by atoms with E-state index in [1.165, 1.54) is 5.56 Å². The molecule has 0 saturated heterocycles. The van der Waals surface area contributed by atoms with E-state index in [2.05, 4.69) is 34.2 Å². The van der Waals surface area contributed by atoms with Crippen LogP contribution in [0.25, 0.3) is 22.3 Å². The minimum atomic E-state index is 0.737. The van der Waals surface area contributed by atoms with Crippen molar-refractivity contribution in [3.8, 4) is 11.4 Å². The molecule has 0 aliphatic rings. The third kappa shape index (κ3) is 2.59. The highest BCUT2D eigenvalue weighted by molar-refractivity contribution is 5.92. The third-order valence-electron chi connectivity index (χ3n) is 3.83. The molecule has 0 fully saturated rings. The monoisotopic (exact) mass is 300 g/mol. The van der Waals surface area contributed by atoms with Gasteiger partial charge in [0.2, 0.25) is 0 Å². The molecule has 0 aliphatic carbocycles. The Kier molecular flexibility index (Phi) is 3.35. The van der Waals surface area contributed by atoms with Crippen LogP contribution in [0.4, 0.5) is 0 Å². The third-order valence-corrected chi connectivity index (χ3v) is 3.83. The van der Waals surface area contributed by atoms with Gasteiger partial charge in [-0.25, -0.2) is 4.98 Å². The summed E-state index contributed by atoms with van der Waals surface area (Å²) < 4.78 is 2.03. The topological polar surface area (TPSA) is 43.6 Å². The molecule has 2 aromatic heterocycles. The Morgan fingerprint density at radius 3 is 2.52 bits per heavy atom. The average Bonchev–Trinajstić information content (AvgIpc) is 2.95. The number of hydrogen-bond acceptors (Lipinski definition) is 3. The number of aromatic nitrogens is 4. The molecule has 0 spiro atoms. The van der Waals surface area contributed by atoms with Crippen LogP contribution in [0.3, 0.4) is 0 Å². The van der Waals surface area contributed by atoms with Gasteiger partial charge in [-0.3, -0.25) is 9.67 Å². The average molecular weight is 300 g/mol. The van der Waals surface area contributed by atoms with E-state index >= 15 is 0 Å². The second kappa shape index (κ2) is 5.65. The van der Waals surface area contributed by atoms with Crippen molar-refractivity contribution < 1.29 is 0 Å². The van der Waals surface area contributed by atoms with Gasteiger partial charge in [0.15, 0.2) is 0 Å². The molecule has 0 radical (unpaired) electrons. The van der Waals surface area contributed by atoms with Crippen LogP contribution in [0.15, 0.2) is 67.0 Å². The molecule has 4 rings (SSSR count). The molecule has 0 amide bonds. The first kappa shape index (κ1) is 13.6. The van der Waals surface area contributed by atoms with Gasteiger partial charge in [-0.05, 0) is 18.6 Å². The fraction of sp³-hybridized carbons (Fsp3) is 0.105. The van der Waals surface area contributed by atoms with Crippen molar-refractivity contribution in [1.29, 1.82) is 0 Å². The summed E-state index contributed by atoms with van der Waals surface area (Å²) in [5.41, 5.74) is 4.92. The molecule has 0 saturated carbocycles.